The van der Waals surface area contributed by atoms with E-state index in [1.165, 1.54) is 40.7 Å². The molecule has 0 atom stereocenters. The summed E-state index contributed by atoms with van der Waals surface area (Å²) in [6.45, 7) is 0. The molecule has 0 aliphatic heterocycles. The van der Waals surface area contributed by atoms with Crippen molar-refractivity contribution in [2.45, 2.75) is 0 Å². The molecule has 0 unspecified atom stereocenters. The van der Waals surface area contributed by atoms with Crippen LogP contribution >= 0.6 is 0 Å². The minimum Gasteiger partial charge on any atom is -0.290 e. The van der Waals surface area contributed by atoms with E-state index in [1.54, 1.807) is 0 Å². The van der Waals surface area contributed by atoms with Gasteiger partial charge in [-0.25, -0.2) is 28.9 Å². The number of nitrogens with zero attached hydrogens (tertiary/aromatic N) is 6. The lowest BCUT2D eigenvalue weighted by molar-refractivity contribution is 0.660. The van der Waals surface area contributed by atoms with Gasteiger partial charge >= 0.3 is 11.4 Å². The number of aromatic amines is 2. The van der Waals surface area contributed by atoms with Gasteiger partial charge in [0.15, 0.2) is 22.3 Å². The van der Waals surface area contributed by atoms with E-state index in [-0.39, 0.29) is 22.3 Å². The van der Waals surface area contributed by atoms with E-state index in [0.29, 0.717) is 0 Å². The smallest absolute Gasteiger partial charge is 0.290 e. The van der Waals surface area contributed by atoms with Gasteiger partial charge in [0.1, 0.15) is 12.7 Å². The molecule has 122 valence electrons. The molecule has 0 saturated heterocycles. The van der Waals surface area contributed by atoms with Crippen molar-refractivity contribution in [3.63, 3.8) is 0 Å². The molecule has 4 aromatic rings. The first-order valence-electron chi connectivity index (χ1n) is 6.73. The highest BCUT2D eigenvalue weighted by Crippen LogP contribution is 2.10. The zero-order chi connectivity index (χ0) is 17.2. The number of imidazole rings is 2. The molecule has 0 fully saturated rings. The van der Waals surface area contributed by atoms with Crippen molar-refractivity contribution in [1.82, 2.24) is 38.4 Å². The summed E-state index contributed by atoms with van der Waals surface area (Å²) in [5.74, 6) is 0. The molecule has 4 rings (SSSR count). The molecule has 0 bridgehead atoms. The lowest BCUT2D eigenvalue weighted by Crippen LogP contribution is -2.33. The lowest BCUT2D eigenvalue weighted by Gasteiger charge is -2.08. The minimum atomic E-state index is -0.638. The summed E-state index contributed by atoms with van der Waals surface area (Å²) in [6, 6.07) is 0. The fourth-order valence-corrected chi connectivity index (χ4v) is 2.51. The highest BCUT2D eigenvalue weighted by atomic mass is 16.2. The van der Waals surface area contributed by atoms with Crippen molar-refractivity contribution >= 4 is 22.3 Å². The van der Waals surface area contributed by atoms with Crippen LogP contribution in [0.3, 0.4) is 0 Å². The molecule has 12 nitrogen and oxygen atoms in total. The summed E-state index contributed by atoms with van der Waals surface area (Å²) < 4.78 is 4.75. The van der Waals surface area contributed by atoms with Crippen molar-refractivity contribution in [3.8, 4) is 0 Å². The maximum Gasteiger partial charge on any atom is 0.329 e. The zero-order valence-corrected chi connectivity index (χ0v) is 12.5. The number of fused-ring (bicyclic) bond motifs is 2. The van der Waals surface area contributed by atoms with Crippen LogP contribution in [0.25, 0.3) is 22.3 Å². The third kappa shape index (κ3) is 1.61. The average molecular weight is 330 g/mol. The molecule has 0 aliphatic carbocycles. The first-order valence-corrected chi connectivity index (χ1v) is 6.73. The van der Waals surface area contributed by atoms with Gasteiger partial charge in [0, 0.05) is 14.1 Å². The Morgan fingerprint density at radius 3 is 2.21 bits per heavy atom. The van der Waals surface area contributed by atoms with Crippen LogP contribution in [0.4, 0.5) is 0 Å². The second kappa shape index (κ2) is 4.41. The fourth-order valence-electron chi connectivity index (χ4n) is 2.51. The van der Waals surface area contributed by atoms with Crippen LogP contribution in [-0.4, -0.2) is 38.4 Å². The van der Waals surface area contributed by atoms with E-state index in [0.717, 1.165) is 4.57 Å². The number of hydrogen-bond acceptors (Lipinski definition) is 6. The van der Waals surface area contributed by atoms with Crippen molar-refractivity contribution in [2.24, 2.45) is 14.1 Å². The van der Waals surface area contributed by atoms with E-state index in [4.69, 9.17) is 0 Å². The molecule has 0 aromatic carbocycles. The molecule has 4 heterocycles. The monoisotopic (exact) mass is 330 g/mol. The van der Waals surface area contributed by atoms with Gasteiger partial charge in [-0.05, 0) is 0 Å². The molecule has 4 aromatic heterocycles. The molecule has 12 heteroatoms. The quantitative estimate of drug-likeness (QED) is 0.393. The van der Waals surface area contributed by atoms with Gasteiger partial charge < -0.3 is 0 Å². The largest absolute Gasteiger partial charge is 0.329 e. The highest BCUT2D eigenvalue weighted by Gasteiger charge is 2.16. The third-order valence-electron chi connectivity index (χ3n) is 3.80. The second-order valence-corrected chi connectivity index (χ2v) is 5.16. The van der Waals surface area contributed by atoms with Crippen LogP contribution < -0.4 is 22.5 Å². The summed E-state index contributed by atoms with van der Waals surface area (Å²) >= 11 is 0. The molecular weight excluding hydrogens is 320 g/mol. The van der Waals surface area contributed by atoms with Crippen LogP contribution in [-0.2, 0) is 14.1 Å². The SMILES string of the molecule is Cn1c(=O)[nH]c2c(ncn2-n2cnc3c(=O)[nH]c(=O)n(C)c32)c1=O. The second-order valence-electron chi connectivity index (χ2n) is 5.16. The normalized spacial score (nSPS) is 11.6. The van der Waals surface area contributed by atoms with E-state index in [9.17, 15) is 19.2 Å². The Balaban J connectivity index is 2.20. The Kier molecular flexibility index (Phi) is 2.56. The van der Waals surface area contributed by atoms with Gasteiger partial charge in [0.2, 0.25) is 0 Å². The van der Waals surface area contributed by atoms with Crippen molar-refractivity contribution < 1.29 is 0 Å². The third-order valence-corrected chi connectivity index (χ3v) is 3.80. The summed E-state index contributed by atoms with van der Waals surface area (Å²) in [4.78, 5) is 60.3. The highest BCUT2D eigenvalue weighted by molar-refractivity contribution is 5.72. The van der Waals surface area contributed by atoms with Crippen molar-refractivity contribution in [2.75, 3.05) is 0 Å². The van der Waals surface area contributed by atoms with E-state index in [2.05, 4.69) is 19.9 Å². The molecular formula is C12H10N8O4. The predicted octanol–water partition coefficient (Wildman–Crippen LogP) is -2.53. The van der Waals surface area contributed by atoms with Crippen LogP contribution in [0.1, 0.15) is 0 Å². The van der Waals surface area contributed by atoms with Gasteiger partial charge in [-0.3, -0.25) is 28.7 Å². The van der Waals surface area contributed by atoms with Crippen LogP contribution in [0, 0.1) is 0 Å². The Bertz CT molecular complexity index is 1360. The van der Waals surface area contributed by atoms with Crippen LogP contribution in [0.5, 0.6) is 0 Å². The van der Waals surface area contributed by atoms with Gasteiger partial charge in [-0.1, -0.05) is 0 Å². The fraction of sp³-hybridized carbons (Fsp3) is 0.167. The molecule has 24 heavy (non-hydrogen) atoms. The topological polar surface area (TPSA) is 145 Å². The Hall–Kier alpha value is -3.70. The predicted molar refractivity (Wildman–Crippen MR) is 82.0 cm³/mol. The minimum absolute atomic E-state index is 0.0325. The summed E-state index contributed by atoms with van der Waals surface area (Å²) in [6.07, 6.45) is 2.57. The Morgan fingerprint density at radius 1 is 0.833 bits per heavy atom. The number of aryl methyl sites for hydroxylation is 1. The van der Waals surface area contributed by atoms with Gasteiger partial charge in [0.25, 0.3) is 11.1 Å². The number of hydrogen-bond donors (Lipinski definition) is 2. The van der Waals surface area contributed by atoms with Gasteiger partial charge in [0.05, 0.1) is 0 Å². The summed E-state index contributed by atoms with van der Waals surface area (Å²) in [7, 11) is 2.79. The zero-order valence-electron chi connectivity index (χ0n) is 12.5. The van der Waals surface area contributed by atoms with E-state index in [1.807, 2.05) is 0 Å². The van der Waals surface area contributed by atoms with Crippen molar-refractivity contribution in [1.29, 1.82) is 0 Å². The van der Waals surface area contributed by atoms with E-state index >= 15 is 0 Å². The molecule has 0 amide bonds. The van der Waals surface area contributed by atoms with Gasteiger partial charge in [-0.2, -0.15) is 0 Å². The number of rotatable bonds is 1. The first kappa shape index (κ1) is 13.9. The maximum atomic E-state index is 12.1. The number of H-pyrrole nitrogens is 2. The average Bonchev–Trinajstić information content (AvgIpc) is 3.14. The number of aromatic nitrogens is 8. The molecule has 0 spiro atoms. The van der Waals surface area contributed by atoms with Crippen LogP contribution in [0.2, 0.25) is 0 Å². The van der Waals surface area contributed by atoms with Crippen molar-refractivity contribution in [3.05, 3.63) is 54.3 Å². The van der Waals surface area contributed by atoms with Crippen LogP contribution in [0.15, 0.2) is 31.8 Å². The Morgan fingerprint density at radius 2 is 1.46 bits per heavy atom. The van der Waals surface area contributed by atoms with Gasteiger partial charge in [-0.15, -0.1) is 0 Å². The summed E-state index contributed by atoms with van der Waals surface area (Å²) in [5.41, 5.74) is -2.07. The molecule has 0 aliphatic rings. The number of nitrogens with one attached hydrogen (secondary N) is 2. The standard InChI is InChI=1S/C12H10N8O4/c1-17-9-6(8(21)16-12(17)24)14-4-20(9)19-3-13-5-7(19)15-11(23)18(2)10(5)22/h3-4H,1-2H3,(H,15,23)(H,16,21,24). The van der Waals surface area contributed by atoms with E-state index < -0.39 is 22.5 Å². The maximum absolute atomic E-state index is 12.1. The lowest BCUT2D eigenvalue weighted by atomic mass is 10.5. The summed E-state index contributed by atoms with van der Waals surface area (Å²) in [5, 5.41) is 0. The Labute approximate surface area is 130 Å². The molecule has 0 radical (unpaired) electrons. The molecule has 2 N–H and O–H groups in total. The first-order chi connectivity index (χ1) is 11.4. The molecule has 0 saturated carbocycles.